The van der Waals surface area contributed by atoms with Crippen molar-refractivity contribution in [1.29, 1.82) is 0 Å². The Morgan fingerprint density at radius 2 is 2.10 bits per heavy atom. The third kappa shape index (κ3) is 3.54. The number of hydrogen-bond donors (Lipinski definition) is 2. The number of carbonyl (C=O) groups is 2. The highest BCUT2D eigenvalue weighted by molar-refractivity contribution is 6.34. The molecule has 1 aliphatic heterocycles. The number of rotatable bonds is 3. The number of benzene rings is 1. The van der Waals surface area contributed by atoms with Crippen LogP contribution in [0.1, 0.15) is 23.7 Å². The summed E-state index contributed by atoms with van der Waals surface area (Å²) < 4.78 is 0. The van der Waals surface area contributed by atoms with Crippen molar-refractivity contribution < 1.29 is 9.59 Å². The Kier molecular flexibility index (Phi) is 4.85. The molecule has 0 aromatic heterocycles. The van der Waals surface area contributed by atoms with Crippen LogP contribution in [0, 0.1) is 5.92 Å². The SMILES string of the molecule is CC1CCNC1C(=O)Nc1ccc(Cl)c(C(=O)N(C)C)c1. The summed E-state index contributed by atoms with van der Waals surface area (Å²) in [5, 5.41) is 6.40. The Morgan fingerprint density at radius 1 is 1.38 bits per heavy atom. The van der Waals surface area contributed by atoms with Crippen LogP contribution in [0.3, 0.4) is 0 Å². The second-order valence-electron chi connectivity index (χ2n) is 5.58. The molecule has 0 spiro atoms. The lowest BCUT2D eigenvalue weighted by atomic mass is 10.0. The average Bonchev–Trinajstić information content (AvgIpc) is 2.86. The minimum absolute atomic E-state index is 0.0782. The second kappa shape index (κ2) is 6.45. The van der Waals surface area contributed by atoms with Crippen LogP contribution >= 0.6 is 11.6 Å². The lowest BCUT2D eigenvalue weighted by Gasteiger charge is -2.17. The van der Waals surface area contributed by atoms with Crippen molar-refractivity contribution >= 4 is 29.1 Å². The van der Waals surface area contributed by atoms with Gasteiger partial charge >= 0.3 is 0 Å². The average molecular weight is 310 g/mol. The number of hydrogen-bond acceptors (Lipinski definition) is 3. The molecule has 114 valence electrons. The van der Waals surface area contributed by atoms with Crippen LogP contribution < -0.4 is 10.6 Å². The molecule has 0 aliphatic carbocycles. The first-order valence-electron chi connectivity index (χ1n) is 6.95. The van der Waals surface area contributed by atoms with E-state index in [-0.39, 0.29) is 17.9 Å². The van der Waals surface area contributed by atoms with Crippen molar-refractivity contribution in [2.24, 2.45) is 5.92 Å². The van der Waals surface area contributed by atoms with Gasteiger partial charge in [0.25, 0.3) is 5.91 Å². The minimum atomic E-state index is -0.191. The Hall–Kier alpha value is -1.59. The number of halogens is 1. The van der Waals surface area contributed by atoms with Gasteiger partial charge in [0.2, 0.25) is 5.91 Å². The monoisotopic (exact) mass is 309 g/mol. The number of carbonyl (C=O) groups excluding carboxylic acids is 2. The summed E-state index contributed by atoms with van der Waals surface area (Å²) in [5.41, 5.74) is 0.961. The van der Waals surface area contributed by atoms with Crippen LogP contribution in [0.5, 0.6) is 0 Å². The molecule has 0 saturated carbocycles. The van der Waals surface area contributed by atoms with E-state index in [2.05, 4.69) is 10.6 Å². The van der Waals surface area contributed by atoms with Crippen molar-refractivity contribution in [2.75, 3.05) is 26.0 Å². The van der Waals surface area contributed by atoms with E-state index in [0.717, 1.165) is 13.0 Å². The summed E-state index contributed by atoms with van der Waals surface area (Å²) in [6.45, 7) is 2.90. The Labute approximate surface area is 129 Å². The molecular weight excluding hydrogens is 290 g/mol. The summed E-state index contributed by atoms with van der Waals surface area (Å²) in [6, 6.07) is 4.75. The molecule has 1 heterocycles. The molecule has 5 nitrogen and oxygen atoms in total. The molecule has 1 aliphatic rings. The van der Waals surface area contributed by atoms with Crippen LogP contribution in [0.2, 0.25) is 5.02 Å². The molecule has 2 amide bonds. The van der Waals surface area contributed by atoms with Crippen LogP contribution in [-0.4, -0.2) is 43.4 Å². The fourth-order valence-electron chi connectivity index (χ4n) is 2.41. The first kappa shape index (κ1) is 15.8. The summed E-state index contributed by atoms with van der Waals surface area (Å²) in [5.74, 6) is 0.0363. The standard InChI is InChI=1S/C15H20ClN3O2/c1-9-6-7-17-13(9)14(20)18-10-4-5-12(16)11(8-10)15(21)19(2)3/h4-5,8-9,13,17H,6-7H2,1-3H3,(H,18,20). The quantitative estimate of drug-likeness (QED) is 0.897. The Balaban J connectivity index is 2.16. The first-order valence-corrected chi connectivity index (χ1v) is 7.33. The van der Waals surface area contributed by atoms with E-state index in [1.54, 1.807) is 32.3 Å². The molecule has 2 rings (SSSR count). The highest BCUT2D eigenvalue weighted by Crippen LogP contribution is 2.23. The summed E-state index contributed by atoms with van der Waals surface area (Å²) in [6.07, 6.45) is 0.989. The molecule has 21 heavy (non-hydrogen) atoms. The van der Waals surface area contributed by atoms with Gasteiger partial charge in [0, 0.05) is 19.8 Å². The van der Waals surface area contributed by atoms with Gasteiger partial charge in [-0.1, -0.05) is 18.5 Å². The van der Waals surface area contributed by atoms with Gasteiger partial charge in [-0.05, 0) is 37.1 Å². The summed E-state index contributed by atoms with van der Waals surface area (Å²) >= 11 is 6.05. The molecule has 1 fully saturated rings. The van der Waals surface area contributed by atoms with E-state index in [0.29, 0.717) is 22.2 Å². The molecule has 1 aromatic carbocycles. The molecule has 1 saturated heterocycles. The number of nitrogens with zero attached hydrogens (tertiary/aromatic N) is 1. The van der Waals surface area contributed by atoms with E-state index in [1.165, 1.54) is 4.90 Å². The maximum absolute atomic E-state index is 12.2. The Bertz CT molecular complexity index is 560. The zero-order chi connectivity index (χ0) is 15.6. The largest absolute Gasteiger partial charge is 0.345 e. The van der Waals surface area contributed by atoms with Crippen molar-refractivity contribution in [3.63, 3.8) is 0 Å². The van der Waals surface area contributed by atoms with Gasteiger partial charge in [-0.2, -0.15) is 0 Å². The first-order chi connectivity index (χ1) is 9.90. The topological polar surface area (TPSA) is 61.4 Å². The van der Waals surface area contributed by atoms with Crippen molar-refractivity contribution in [2.45, 2.75) is 19.4 Å². The fourth-order valence-corrected chi connectivity index (χ4v) is 2.61. The van der Waals surface area contributed by atoms with Gasteiger partial charge in [0.1, 0.15) is 0 Å². The molecule has 0 bridgehead atoms. The van der Waals surface area contributed by atoms with Crippen molar-refractivity contribution in [3.05, 3.63) is 28.8 Å². The third-order valence-electron chi connectivity index (χ3n) is 3.69. The van der Waals surface area contributed by atoms with Gasteiger partial charge in [0.05, 0.1) is 16.6 Å². The van der Waals surface area contributed by atoms with E-state index in [1.807, 2.05) is 6.92 Å². The number of amides is 2. The zero-order valence-electron chi connectivity index (χ0n) is 12.4. The van der Waals surface area contributed by atoms with Crippen LogP contribution in [0.25, 0.3) is 0 Å². The molecule has 2 unspecified atom stereocenters. The summed E-state index contributed by atoms with van der Waals surface area (Å²) in [4.78, 5) is 25.7. The van der Waals surface area contributed by atoms with E-state index in [9.17, 15) is 9.59 Å². The zero-order valence-corrected chi connectivity index (χ0v) is 13.2. The predicted molar refractivity (Wildman–Crippen MR) is 83.7 cm³/mol. The lowest BCUT2D eigenvalue weighted by Crippen LogP contribution is -2.39. The van der Waals surface area contributed by atoms with Gasteiger partial charge in [-0.15, -0.1) is 0 Å². The smallest absolute Gasteiger partial charge is 0.254 e. The van der Waals surface area contributed by atoms with Gasteiger partial charge < -0.3 is 15.5 Å². The number of anilines is 1. The van der Waals surface area contributed by atoms with E-state index < -0.39 is 0 Å². The van der Waals surface area contributed by atoms with Crippen LogP contribution in [-0.2, 0) is 4.79 Å². The molecule has 0 radical (unpaired) electrons. The third-order valence-corrected chi connectivity index (χ3v) is 4.02. The van der Waals surface area contributed by atoms with Crippen LogP contribution in [0.4, 0.5) is 5.69 Å². The molecule has 2 atom stereocenters. The van der Waals surface area contributed by atoms with Crippen LogP contribution in [0.15, 0.2) is 18.2 Å². The van der Waals surface area contributed by atoms with Gasteiger partial charge in [-0.25, -0.2) is 0 Å². The van der Waals surface area contributed by atoms with Gasteiger partial charge in [0.15, 0.2) is 0 Å². The second-order valence-corrected chi connectivity index (χ2v) is 5.99. The maximum atomic E-state index is 12.2. The fraction of sp³-hybridized carbons (Fsp3) is 0.467. The minimum Gasteiger partial charge on any atom is -0.345 e. The highest BCUT2D eigenvalue weighted by Gasteiger charge is 2.29. The van der Waals surface area contributed by atoms with E-state index >= 15 is 0 Å². The van der Waals surface area contributed by atoms with E-state index in [4.69, 9.17) is 11.6 Å². The van der Waals surface area contributed by atoms with Crippen molar-refractivity contribution in [3.8, 4) is 0 Å². The maximum Gasteiger partial charge on any atom is 0.254 e. The molecule has 6 heteroatoms. The highest BCUT2D eigenvalue weighted by atomic mass is 35.5. The predicted octanol–water partition coefficient (Wildman–Crippen LogP) is 1.98. The molecule has 2 N–H and O–H groups in total. The normalized spacial score (nSPS) is 21.1. The molecule has 1 aromatic rings. The Morgan fingerprint density at radius 3 is 2.67 bits per heavy atom. The molecular formula is C15H20ClN3O2. The number of nitrogens with one attached hydrogen (secondary N) is 2. The van der Waals surface area contributed by atoms with Crippen molar-refractivity contribution in [1.82, 2.24) is 10.2 Å². The summed E-state index contributed by atoms with van der Waals surface area (Å²) in [7, 11) is 3.32. The lowest BCUT2D eigenvalue weighted by molar-refractivity contribution is -0.118. The van der Waals surface area contributed by atoms with Gasteiger partial charge in [-0.3, -0.25) is 9.59 Å².